The van der Waals surface area contributed by atoms with Gasteiger partial charge in [-0.3, -0.25) is 4.79 Å². The molecule has 1 saturated heterocycles. The molecule has 0 aliphatic carbocycles. The Morgan fingerprint density at radius 2 is 2.30 bits per heavy atom. The molecule has 1 N–H and O–H groups in total. The minimum atomic E-state index is -0.0990. The number of halogens is 2. The van der Waals surface area contributed by atoms with Crippen molar-refractivity contribution in [3.63, 3.8) is 0 Å². The minimum Gasteiger partial charge on any atom is -0.492 e. The Balaban J connectivity index is 0.00000192. The highest BCUT2D eigenvalue weighted by Gasteiger charge is 2.33. The van der Waals surface area contributed by atoms with Gasteiger partial charge in [-0.2, -0.15) is 0 Å². The van der Waals surface area contributed by atoms with Crippen LogP contribution in [0.25, 0.3) is 0 Å². The molecule has 0 radical (unpaired) electrons. The lowest BCUT2D eigenvalue weighted by molar-refractivity contribution is -0.139. The van der Waals surface area contributed by atoms with Crippen LogP contribution in [0.5, 0.6) is 5.75 Å². The second-order valence-electron chi connectivity index (χ2n) is 6.14. The smallest absolute Gasteiger partial charge is 0.229 e. The van der Waals surface area contributed by atoms with Gasteiger partial charge in [0.1, 0.15) is 12.4 Å². The van der Waals surface area contributed by atoms with Crippen molar-refractivity contribution < 1.29 is 9.53 Å². The van der Waals surface area contributed by atoms with E-state index in [2.05, 4.69) is 17.1 Å². The van der Waals surface area contributed by atoms with Crippen LogP contribution in [0, 0.1) is 5.92 Å². The molecule has 0 bridgehead atoms. The molecule has 1 fully saturated rings. The van der Waals surface area contributed by atoms with E-state index in [9.17, 15) is 4.79 Å². The Hall–Kier alpha value is -0.970. The first-order valence-corrected chi connectivity index (χ1v) is 8.49. The highest BCUT2D eigenvalue weighted by molar-refractivity contribution is 6.30. The molecular formula is C17H24Cl2N2O2. The molecule has 23 heavy (non-hydrogen) atoms. The molecule has 6 heteroatoms. The van der Waals surface area contributed by atoms with E-state index in [4.69, 9.17) is 16.3 Å². The summed E-state index contributed by atoms with van der Waals surface area (Å²) in [6.07, 6.45) is 2.75. The summed E-state index contributed by atoms with van der Waals surface area (Å²) in [6, 6.07) is 5.96. The highest BCUT2D eigenvalue weighted by atomic mass is 35.5. The zero-order valence-electron chi connectivity index (χ0n) is 13.4. The Labute approximate surface area is 148 Å². The highest BCUT2D eigenvalue weighted by Crippen LogP contribution is 2.31. The van der Waals surface area contributed by atoms with Crippen LogP contribution in [-0.2, 0) is 11.2 Å². The molecular weight excluding hydrogens is 335 g/mol. The van der Waals surface area contributed by atoms with E-state index in [0.29, 0.717) is 17.7 Å². The van der Waals surface area contributed by atoms with Crippen molar-refractivity contribution in [2.24, 2.45) is 5.92 Å². The van der Waals surface area contributed by atoms with Crippen LogP contribution < -0.4 is 10.1 Å². The van der Waals surface area contributed by atoms with E-state index >= 15 is 0 Å². The maximum Gasteiger partial charge on any atom is 0.229 e. The number of rotatable bonds is 4. The van der Waals surface area contributed by atoms with Gasteiger partial charge < -0.3 is 15.0 Å². The molecule has 2 atom stereocenters. The molecule has 1 amide bonds. The molecule has 2 unspecified atom stereocenters. The molecule has 0 aromatic heterocycles. The third-order valence-electron chi connectivity index (χ3n) is 4.50. The molecule has 1 aromatic rings. The lowest BCUT2D eigenvalue weighted by Gasteiger charge is -2.33. The number of carbonyl (C=O) groups excluding carboxylic acids is 1. The number of nitrogens with zero attached hydrogens (tertiary/aromatic N) is 1. The van der Waals surface area contributed by atoms with Gasteiger partial charge in [0.05, 0.1) is 5.92 Å². The van der Waals surface area contributed by atoms with Gasteiger partial charge in [-0.05, 0) is 49.6 Å². The van der Waals surface area contributed by atoms with E-state index in [-0.39, 0.29) is 24.2 Å². The average Bonchev–Trinajstić information content (AvgIpc) is 3.05. The normalized spacial score (nSPS) is 22.7. The third kappa shape index (κ3) is 4.11. The molecule has 0 saturated carbocycles. The summed E-state index contributed by atoms with van der Waals surface area (Å²) < 4.78 is 5.78. The maximum absolute atomic E-state index is 13.0. The Morgan fingerprint density at radius 3 is 3.00 bits per heavy atom. The van der Waals surface area contributed by atoms with E-state index in [0.717, 1.165) is 50.2 Å². The number of benzene rings is 1. The molecule has 1 aromatic carbocycles. The van der Waals surface area contributed by atoms with Crippen molar-refractivity contribution in [3.8, 4) is 5.75 Å². The van der Waals surface area contributed by atoms with Gasteiger partial charge in [-0.25, -0.2) is 0 Å². The van der Waals surface area contributed by atoms with Crippen LogP contribution in [-0.4, -0.2) is 43.1 Å². The first-order valence-electron chi connectivity index (χ1n) is 8.11. The molecule has 2 aliphatic rings. The van der Waals surface area contributed by atoms with Gasteiger partial charge in [-0.1, -0.05) is 18.5 Å². The zero-order valence-corrected chi connectivity index (χ0v) is 15.0. The van der Waals surface area contributed by atoms with Crippen molar-refractivity contribution >= 4 is 29.9 Å². The largest absolute Gasteiger partial charge is 0.492 e. The minimum absolute atomic E-state index is 0. The number of hydrogen-bond acceptors (Lipinski definition) is 3. The number of ether oxygens (including phenoxy) is 1. The van der Waals surface area contributed by atoms with Crippen LogP contribution in [0.2, 0.25) is 5.02 Å². The molecule has 4 nitrogen and oxygen atoms in total. The topological polar surface area (TPSA) is 41.6 Å². The van der Waals surface area contributed by atoms with Crippen LogP contribution in [0.1, 0.15) is 25.3 Å². The number of nitrogens with one attached hydrogen (secondary N) is 1. The first kappa shape index (κ1) is 18.4. The monoisotopic (exact) mass is 358 g/mol. The van der Waals surface area contributed by atoms with Crippen LogP contribution >= 0.6 is 24.0 Å². The predicted octanol–water partition coefficient (Wildman–Crippen LogP) is 2.91. The fourth-order valence-corrected chi connectivity index (χ4v) is 3.57. The maximum atomic E-state index is 13.0. The van der Waals surface area contributed by atoms with Gasteiger partial charge in [0.2, 0.25) is 5.91 Å². The summed E-state index contributed by atoms with van der Waals surface area (Å²) in [5.41, 5.74) is 1.04. The fourth-order valence-electron chi connectivity index (χ4n) is 3.38. The Morgan fingerprint density at radius 1 is 1.48 bits per heavy atom. The van der Waals surface area contributed by atoms with Crippen molar-refractivity contribution in [3.05, 3.63) is 28.8 Å². The second-order valence-corrected chi connectivity index (χ2v) is 6.58. The second kappa shape index (κ2) is 8.22. The van der Waals surface area contributed by atoms with E-state index < -0.39 is 0 Å². The summed E-state index contributed by atoms with van der Waals surface area (Å²) in [4.78, 5) is 15.0. The summed E-state index contributed by atoms with van der Waals surface area (Å²) in [5.74, 6) is 0.984. The van der Waals surface area contributed by atoms with Gasteiger partial charge in [0, 0.05) is 24.2 Å². The molecule has 128 valence electrons. The lowest BCUT2D eigenvalue weighted by Crippen LogP contribution is -2.47. The first-order chi connectivity index (χ1) is 10.7. The van der Waals surface area contributed by atoms with Crippen molar-refractivity contribution in [1.29, 1.82) is 0 Å². The van der Waals surface area contributed by atoms with Gasteiger partial charge in [0.25, 0.3) is 0 Å². The zero-order chi connectivity index (χ0) is 15.5. The predicted molar refractivity (Wildman–Crippen MR) is 94.7 cm³/mol. The molecule has 2 heterocycles. The Kier molecular flexibility index (Phi) is 6.57. The number of carbonyl (C=O) groups is 1. The van der Waals surface area contributed by atoms with Crippen LogP contribution in [0.15, 0.2) is 18.2 Å². The van der Waals surface area contributed by atoms with Crippen LogP contribution in [0.3, 0.4) is 0 Å². The summed E-state index contributed by atoms with van der Waals surface area (Å²) in [7, 11) is 0. The SMILES string of the molecule is CCCN(C(=O)C1COc2ccc(Cl)cc2C1)C1CCNC1.Cl. The third-order valence-corrected chi connectivity index (χ3v) is 4.74. The average molecular weight is 359 g/mol. The van der Waals surface area contributed by atoms with Gasteiger partial charge in [-0.15, -0.1) is 12.4 Å². The van der Waals surface area contributed by atoms with Crippen molar-refractivity contribution in [2.75, 3.05) is 26.2 Å². The molecule has 2 aliphatic heterocycles. The molecule has 0 spiro atoms. The number of hydrogen-bond donors (Lipinski definition) is 1. The summed E-state index contributed by atoms with van der Waals surface area (Å²) in [5, 5.41) is 4.04. The van der Waals surface area contributed by atoms with E-state index in [1.54, 1.807) is 0 Å². The number of amides is 1. The van der Waals surface area contributed by atoms with Crippen molar-refractivity contribution in [2.45, 2.75) is 32.2 Å². The summed E-state index contributed by atoms with van der Waals surface area (Å²) >= 11 is 6.06. The van der Waals surface area contributed by atoms with Crippen LogP contribution in [0.4, 0.5) is 0 Å². The lowest BCUT2D eigenvalue weighted by atomic mass is 9.94. The quantitative estimate of drug-likeness (QED) is 0.899. The standard InChI is InChI=1S/C17H23ClN2O2.ClH/c1-2-7-20(15-5-6-19-10-15)17(21)13-8-12-9-14(18)3-4-16(12)22-11-13;/h3-4,9,13,15,19H,2,5-8,10-11H2,1H3;1H. The fraction of sp³-hybridized carbons (Fsp3) is 0.588. The van der Waals surface area contributed by atoms with Gasteiger partial charge >= 0.3 is 0 Å². The Bertz CT molecular complexity index is 547. The summed E-state index contributed by atoms with van der Waals surface area (Å²) in [6.45, 7) is 5.31. The van der Waals surface area contributed by atoms with Gasteiger partial charge in [0.15, 0.2) is 0 Å². The van der Waals surface area contributed by atoms with E-state index in [1.165, 1.54) is 0 Å². The van der Waals surface area contributed by atoms with Crippen molar-refractivity contribution in [1.82, 2.24) is 10.2 Å². The van der Waals surface area contributed by atoms with E-state index in [1.807, 2.05) is 18.2 Å². The number of fused-ring (bicyclic) bond motifs is 1. The molecule has 3 rings (SSSR count).